The molecular formula is C11H11N. The SMILES string of the molecule is CC1C=Cc2ccccc2C1=N. The fraction of sp³-hybridized carbons (Fsp3) is 0.182. The Morgan fingerprint density at radius 2 is 2.00 bits per heavy atom. The lowest BCUT2D eigenvalue weighted by molar-refractivity contribution is 0.983. The molecular weight excluding hydrogens is 146 g/mol. The predicted octanol–water partition coefficient (Wildman–Crippen LogP) is 2.72. The first-order chi connectivity index (χ1) is 5.79. The van der Waals surface area contributed by atoms with Crippen LogP contribution in [0.15, 0.2) is 30.3 Å². The minimum atomic E-state index is 0.264. The molecule has 0 aromatic heterocycles. The van der Waals surface area contributed by atoms with E-state index in [1.807, 2.05) is 24.3 Å². The van der Waals surface area contributed by atoms with Crippen LogP contribution in [-0.2, 0) is 0 Å². The van der Waals surface area contributed by atoms with E-state index in [9.17, 15) is 0 Å². The highest BCUT2D eigenvalue weighted by atomic mass is 14.4. The largest absolute Gasteiger partial charge is 0.304 e. The number of benzene rings is 1. The molecule has 1 aromatic rings. The zero-order valence-electron chi connectivity index (χ0n) is 7.04. The van der Waals surface area contributed by atoms with Crippen LogP contribution in [0.1, 0.15) is 18.1 Å². The fourth-order valence-corrected chi connectivity index (χ4v) is 1.48. The second kappa shape index (κ2) is 2.59. The van der Waals surface area contributed by atoms with Crippen molar-refractivity contribution in [3.63, 3.8) is 0 Å². The Bertz CT molecular complexity index is 350. The molecule has 0 bridgehead atoms. The number of fused-ring (bicyclic) bond motifs is 1. The first-order valence-electron chi connectivity index (χ1n) is 4.15. The Hall–Kier alpha value is -1.37. The van der Waals surface area contributed by atoms with Crippen molar-refractivity contribution in [2.75, 3.05) is 0 Å². The van der Waals surface area contributed by atoms with Gasteiger partial charge in [-0.05, 0) is 5.56 Å². The summed E-state index contributed by atoms with van der Waals surface area (Å²) in [6, 6.07) is 8.05. The molecule has 1 heteroatoms. The Labute approximate surface area is 72.2 Å². The minimum Gasteiger partial charge on any atom is -0.304 e. The molecule has 1 N–H and O–H groups in total. The van der Waals surface area contributed by atoms with Crippen molar-refractivity contribution in [2.45, 2.75) is 6.92 Å². The van der Waals surface area contributed by atoms with Gasteiger partial charge in [0.15, 0.2) is 0 Å². The topological polar surface area (TPSA) is 23.9 Å². The first-order valence-corrected chi connectivity index (χ1v) is 4.15. The van der Waals surface area contributed by atoms with E-state index in [1.54, 1.807) is 0 Å². The maximum atomic E-state index is 7.83. The van der Waals surface area contributed by atoms with Gasteiger partial charge in [0, 0.05) is 17.2 Å². The van der Waals surface area contributed by atoms with Crippen molar-refractivity contribution in [1.29, 1.82) is 5.41 Å². The first kappa shape index (κ1) is 7.29. The molecule has 0 amide bonds. The third kappa shape index (κ3) is 0.981. The van der Waals surface area contributed by atoms with E-state index in [2.05, 4.69) is 19.1 Å². The lowest BCUT2D eigenvalue weighted by atomic mass is 9.89. The van der Waals surface area contributed by atoms with Gasteiger partial charge < -0.3 is 5.41 Å². The molecule has 1 nitrogen and oxygen atoms in total. The molecule has 0 fully saturated rings. The fourth-order valence-electron chi connectivity index (χ4n) is 1.48. The van der Waals surface area contributed by atoms with Crippen LogP contribution in [0.3, 0.4) is 0 Å². The standard InChI is InChI=1S/C11H11N/c1-8-6-7-9-4-2-3-5-10(9)11(8)12/h2-8,12H,1H3. The normalized spacial score (nSPS) is 20.8. The summed E-state index contributed by atoms with van der Waals surface area (Å²) < 4.78 is 0. The van der Waals surface area contributed by atoms with E-state index in [1.165, 1.54) is 5.56 Å². The zero-order valence-corrected chi connectivity index (χ0v) is 7.04. The molecule has 1 aliphatic rings. The number of hydrogen-bond donors (Lipinski definition) is 1. The van der Waals surface area contributed by atoms with E-state index in [0.29, 0.717) is 0 Å². The maximum Gasteiger partial charge on any atom is 0.0458 e. The summed E-state index contributed by atoms with van der Waals surface area (Å²) in [5.41, 5.74) is 2.97. The van der Waals surface area contributed by atoms with Gasteiger partial charge in [-0.3, -0.25) is 0 Å². The quantitative estimate of drug-likeness (QED) is 0.598. The van der Waals surface area contributed by atoms with Crippen LogP contribution in [0.5, 0.6) is 0 Å². The molecule has 1 atom stereocenters. The molecule has 2 rings (SSSR count). The van der Waals surface area contributed by atoms with Gasteiger partial charge in [-0.1, -0.05) is 43.3 Å². The number of rotatable bonds is 0. The number of allylic oxidation sites excluding steroid dienone is 1. The van der Waals surface area contributed by atoms with Crippen LogP contribution in [0, 0.1) is 11.3 Å². The molecule has 12 heavy (non-hydrogen) atoms. The summed E-state index contributed by atoms with van der Waals surface area (Å²) in [7, 11) is 0. The van der Waals surface area contributed by atoms with Gasteiger partial charge >= 0.3 is 0 Å². The van der Waals surface area contributed by atoms with Gasteiger partial charge in [0.2, 0.25) is 0 Å². The Kier molecular flexibility index (Phi) is 1.58. The molecule has 60 valence electrons. The van der Waals surface area contributed by atoms with Gasteiger partial charge in [-0.2, -0.15) is 0 Å². The van der Waals surface area contributed by atoms with E-state index in [4.69, 9.17) is 5.41 Å². The molecule has 0 saturated heterocycles. The van der Waals surface area contributed by atoms with Crippen LogP contribution >= 0.6 is 0 Å². The Balaban J connectivity index is 2.59. The molecule has 0 radical (unpaired) electrons. The summed E-state index contributed by atoms with van der Waals surface area (Å²) in [5.74, 6) is 0.264. The number of nitrogens with one attached hydrogen (secondary N) is 1. The van der Waals surface area contributed by atoms with Crippen LogP contribution in [0.2, 0.25) is 0 Å². The zero-order chi connectivity index (χ0) is 8.55. The van der Waals surface area contributed by atoms with E-state index in [-0.39, 0.29) is 5.92 Å². The minimum absolute atomic E-state index is 0.264. The summed E-state index contributed by atoms with van der Waals surface area (Å²) in [4.78, 5) is 0. The average Bonchev–Trinajstić information content (AvgIpc) is 2.12. The van der Waals surface area contributed by atoms with Crippen LogP contribution in [0.4, 0.5) is 0 Å². The van der Waals surface area contributed by atoms with Crippen LogP contribution in [0.25, 0.3) is 6.08 Å². The third-order valence-corrected chi connectivity index (χ3v) is 2.27. The van der Waals surface area contributed by atoms with Gasteiger partial charge in [0.05, 0.1) is 0 Å². The van der Waals surface area contributed by atoms with Gasteiger partial charge in [-0.15, -0.1) is 0 Å². The highest BCUT2D eigenvalue weighted by Gasteiger charge is 2.14. The monoisotopic (exact) mass is 157 g/mol. The van der Waals surface area contributed by atoms with E-state index < -0.39 is 0 Å². The van der Waals surface area contributed by atoms with Crippen LogP contribution in [-0.4, -0.2) is 5.71 Å². The van der Waals surface area contributed by atoms with Gasteiger partial charge in [-0.25, -0.2) is 0 Å². The third-order valence-electron chi connectivity index (χ3n) is 2.27. The van der Waals surface area contributed by atoms with Crippen molar-refractivity contribution < 1.29 is 0 Å². The van der Waals surface area contributed by atoms with Gasteiger partial charge in [0.25, 0.3) is 0 Å². The predicted molar refractivity (Wildman–Crippen MR) is 51.5 cm³/mol. The highest BCUT2D eigenvalue weighted by Crippen LogP contribution is 2.21. The maximum absolute atomic E-state index is 7.83. The molecule has 0 heterocycles. The van der Waals surface area contributed by atoms with Crippen molar-refractivity contribution in [3.8, 4) is 0 Å². The molecule has 1 aliphatic carbocycles. The average molecular weight is 157 g/mol. The van der Waals surface area contributed by atoms with E-state index >= 15 is 0 Å². The smallest absolute Gasteiger partial charge is 0.0458 e. The summed E-state index contributed by atoms with van der Waals surface area (Å²) >= 11 is 0. The Morgan fingerprint density at radius 1 is 1.25 bits per heavy atom. The highest BCUT2D eigenvalue weighted by molar-refractivity contribution is 6.05. The van der Waals surface area contributed by atoms with Gasteiger partial charge in [0.1, 0.15) is 0 Å². The van der Waals surface area contributed by atoms with Crippen molar-refractivity contribution in [3.05, 3.63) is 41.5 Å². The van der Waals surface area contributed by atoms with Crippen LogP contribution < -0.4 is 0 Å². The summed E-state index contributed by atoms with van der Waals surface area (Å²) in [5, 5.41) is 7.83. The molecule has 1 unspecified atom stereocenters. The van der Waals surface area contributed by atoms with E-state index in [0.717, 1.165) is 11.3 Å². The van der Waals surface area contributed by atoms with Crippen molar-refractivity contribution >= 4 is 11.8 Å². The molecule has 0 aliphatic heterocycles. The van der Waals surface area contributed by atoms with Crippen molar-refractivity contribution in [1.82, 2.24) is 0 Å². The molecule has 1 aromatic carbocycles. The lowest BCUT2D eigenvalue weighted by Gasteiger charge is -2.16. The molecule has 0 spiro atoms. The Morgan fingerprint density at radius 3 is 2.83 bits per heavy atom. The van der Waals surface area contributed by atoms with Crippen molar-refractivity contribution in [2.24, 2.45) is 5.92 Å². The molecule has 0 saturated carbocycles. The second-order valence-corrected chi connectivity index (χ2v) is 3.15. The second-order valence-electron chi connectivity index (χ2n) is 3.15. The summed E-state index contributed by atoms with van der Waals surface area (Å²) in [6.07, 6.45) is 4.17. The lowest BCUT2D eigenvalue weighted by Crippen LogP contribution is -2.13. The summed E-state index contributed by atoms with van der Waals surface area (Å²) in [6.45, 7) is 2.05. The number of hydrogen-bond acceptors (Lipinski definition) is 1.